The van der Waals surface area contributed by atoms with Crippen molar-refractivity contribution in [1.29, 1.82) is 0 Å². The predicted molar refractivity (Wildman–Crippen MR) is 157 cm³/mol. The summed E-state index contributed by atoms with van der Waals surface area (Å²) in [4.78, 5) is 61.9. The van der Waals surface area contributed by atoms with Crippen LogP contribution in [-0.4, -0.2) is 67.6 Å². The lowest BCUT2D eigenvalue weighted by molar-refractivity contribution is -0.123. The average molecular weight is 614 g/mol. The van der Waals surface area contributed by atoms with Crippen molar-refractivity contribution in [2.45, 2.75) is 19.0 Å². The molecule has 4 heterocycles. The fourth-order valence-corrected chi connectivity index (χ4v) is 6.06. The molecule has 2 saturated heterocycles. The Hall–Kier alpha value is -4.00. The van der Waals surface area contributed by atoms with Crippen LogP contribution in [0.3, 0.4) is 0 Å². The highest BCUT2D eigenvalue weighted by atomic mass is 35.5. The molecule has 2 aromatic heterocycles. The lowest BCUT2D eigenvalue weighted by atomic mass is 10.1. The molecule has 1 atom stereocenters. The van der Waals surface area contributed by atoms with Crippen molar-refractivity contribution in [3.05, 3.63) is 84.7 Å². The number of carbonyl (C=O) groups excluding carboxylic acids is 2. The molecule has 0 N–H and O–H groups in total. The number of hydrogen-bond acceptors (Lipinski definition) is 7. The number of halogens is 3. The molecule has 2 aliphatic heterocycles. The average Bonchev–Trinajstić information content (AvgIpc) is 3.50. The van der Waals surface area contributed by atoms with Crippen molar-refractivity contribution in [2.24, 2.45) is 14.1 Å². The number of anilines is 2. The first-order valence-corrected chi connectivity index (χ1v) is 14.0. The summed E-state index contributed by atoms with van der Waals surface area (Å²) in [6.07, 6.45) is 0.00558. The number of aryl methyl sites for hydroxylation is 1. The van der Waals surface area contributed by atoms with Crippen molar-refractivity contribution in [3.8, 4) is 0 Å². The summed E-state index contributed by atoms with van der Waals surface area (Å²) in [6.45, 7) is 1.67. The standard InChI is InChI=1S/C28H26Cl2FN7O4/c1-33-24-23(26(41)34(2)28(33)42)37(15-16-6-3-4-8-18(16)31)27(32-24)36-12-10-35(11-13-36)20-14-21(39)38(25(20)40)19-9-5-7-17(29)22(19)30/h3-9,20H,10-15H2,1-2H3. The van der Waals surface area contributed by atoms with Crippen LogP contribution < -0.4 is 21.0 Å². The predicted octanol–water partition coefficient (Wildman–Crippen LogP) is 2.38. The van der Waals surface area contributed by atoms with E-state index in [0.717, 1.165) is 9.47 Å². The number of imide groups is 1. The lowest BCUT2D eigenvalue weighted by Gasteiger charge is -2.37. The zero-order valence-electron chi connectivity index (χ0n) is 22.8. The molecule has 4 aromatic rings. The molecule has 1 unspecified atom stereocenters. The number of amides is 2. The monoisotopic (exact) mass is 613 g/mol. The van der Waals surface area contributed by atoms with Crippen molar-refractivity contribution < 1.29 is 14.0 Å². The maximum atomic E-state index is 14.7. The molecule has 42 heavy (non-hydrogen) atoms. The molecule has 2 aromatic carbocycles. The van der Waals surface area contributed by atoms with E-state index >= 15 is 0 Å². The molecular formula is C28H26Cl2FN7O4. The molecule has 0 bridgehead atoms. The van der Waals surface area contributed by atoms with Gasteiger partial charge in [-0.1, -0.05) is 47.5 Å². The molecule has 11 nitrogen and oxygen atoms in total. The highest BCUT2D eigenvalue weighted by molar-refractivity contribution is 6.44. The third-order valence-corrected chi connectivity index (χ3v) is 8.76. The van der Waals surface area contributed by atoms with E-state index in [1.807, 2.05) is 9.80 Å². The summed E-state index contributed by atoms with van der Waals surface area (Å²) in [5.41, 5.74) is -0.0463. The molecule has 2 fully saturated rings. The van der Waals surface area contributed by atoms with Gasteiger partial charge in [0.15, 0.2) is 11.2 Å². The minimum atomic E-state index is -0.667. The summed E-state index contributed by atoms with van der Waals surface area (Å²) in [6, 6.07) is 10.4. The van der Waals surface area contributed by atoms with Crippen LogP contribution in [0.25, 0.3) is 11.2 Å². The molecule has 14 heteroatoms. The SMILES string of the molecule is Cn1c(=O)c2c(nc(N3CCN(C4CC(=O)N(c5cccc(Cl)c5Cl)C4=O)CC3)n2Cc2ccccc2F)n(C)c1=O. The van der Waals surface area contributed by atoms with Gasteiger partial charge in [0.1, 0.15) is 5.82 Å². The molecule has 0 spiro atoms. The van der Waals surface area contributed by atoms with Crippen molar-refractivity contribution in [1.82, 2.24) is 23.6 Å². The topological polar surface area (TPSA) is 106 Å². The number of imidazole rings is 1. The van der Waals surface area contributed by atoms with E-state index in [-0.39, 0.29) is 51.7 Å². The number of carbonyl (C=O) groups is 2. The minimum Gasteiger partial charge on any atom is -0.340 e. The fraction of sp³-hybridized carbons (Fsp3) is 0.321. The van der Waals surface area contributed by atoms with Gasteiger partial charge in [-0.3, -0.25) is 33.0 Å². The van der Waals surface area contributed by atoms with E-state index in [4.69, 9.17) is 23.2 Å². The van der Waals surface area contributed by atoms with Gasteiger partial charge in [0.2, 0.25) is 11.9 Å². The van der Waals surface area contributed by atoms with Crippen LogP contribution in [0.2, 0.25) is 10.0 Å². The van der Waals surface area contributed by atoms with Gasteiger partial charge in [0, 0.05) is 45.8 Å². The van der Waals surface area contributed by atoms with Gasteiger partial charge >= 0.3 is 5.69 Å². The maximum absolute atomic E-state index is 14.7. The summed E-state index contributed by atoms with van der Waals surface area (Å²) in [7, 11) is 2.93. The zero-order valence-corrected chi connectivity index (χ0v) is 24.3. The van der Waals surface area contributed by atoms with E-state index < -0.39 is 23.1 Å². The van der Waals surface area contributed by atoms with Crippen LogP contribution in [0.15, 0.2) is 52.1 Å². The van der Waals surface area contributed by atoms with E-state index in [0.29, 0.717) is 37.7 Å². The Balaban J connectivity index is 1.30. The number of rotatable bonds is 5. The Morgan fingerprint density at radius 3 is 2.36 bits per heavy atom. The molecular weight excluding hydrogens is 588 g/mol. The summed E-state index contributed by atoms with van der Waals surface area (Å²) < 4.78 is 18.6. The maximum Gasteiger partial charge on any atom is 0.332 e. The normalized spacial score (nSPS) is 18.1. The second-order valence-corrected chi connectivity index (χ2v) is 11.1. The zero-order chi connectivity index (χ0) is 29.9. The van der Waals surface area contributed by atoms with Gasteiger partial charge in [0.25, 0.3) is 11.5 Å². The van der Waals surface area contributed by atoms with Gasteiger partial charge in [-0.05, 0) is 18.2 Å². The Bertz CT molecular complexity index is 1880. The highest BCUT2D eigenvalue weighted by Gasteiger charge is 2.44. The van der Waals surface area contributed by atoms with E-state index in [1.165, 1.54) is 24.7 Å². The third kappa shape index (κ3) is 4.50. The molecule has 2 aliphatic rings. The van der Waals surface area contributed by atoms with Gasteiger partial charge in [-0.15, -0.1) is 0 Å². The second kappa shape index (κ2) is 10.7. The van der Waals surface area contributed by atoms with Gasteiger partial charge in [-0.25, -0.2) is 14.1 Å². The largest absolute Gasteiger partial charge is 0.340 e. The van der Waals surface area contributed by atoms with E-state index in [1.54, 1.807) is 41.0 Å². The second-order valence-electron chi connectivity index (χ2n) is 10.4. The van der Waals surface area contributed by atoms with Crippen LogP contribution in [0.1, 0.15) is 12.0 Å². The fourth-order valence-electron chi connectivity index (χ4n) is 5.68. The van der Waals surface area contributed by atoms with E-state index in [2.05, 4.69) is 4.98 Å². The van der Waals surface area contributed by atoms with Crippen molar-refractivity contribution >= 4 is 57.8 Å². The summed E-state index contributed by atoms with van der Waals surface area (Å²) in [5.74, 6) is -0.749. The number of hydrogen-bond donors (Lipinski definition) is 0. The highest BCUT2D eigenvalue weighted by Crippen LogP contribution is 2.36. The Labute approximate surface area is 248 Å². The first-order chi connectivity index (χ1) is 20.1. The Morgan fingerprint density at radius 1 is 0.929 bits per heavy atom. The number of piperazine rings is 1. The summed E-state index contributed by atoms with van der Waals surface area (Å²) in [5, 5.41) is 0.387. The molecule has 0 saturated carbocycles. The molecule has 218 valence electrons. The smallest absolute Gasteiger partial charge is 0.332 e. The van der Waals surface area contributed by atoms with Crippen LogP contribution in [-0.2, 0) is 30.2 Å². The van der Waals surface area contributed by atoms with Crippen LogP contribution >= 0.6 is 23.2 Å². The van der Waals surface area contributed by atoms with Crippen LogP contribution in [0, 0.1) is 5.82 Å². The van der Waals surface area contributed by atoms with Crippen LogP contribution in [0.5, 0.6) is 0 Å². The van der Waals surface area contributed by atoms with Crippen molar-refractivity contribution in [3.63, 3.8) is 0 Å². The third-order valence-electron chi connectivity index (χ3n) is 7.95. The Morgan fingerprint density at radius 2 is 1.64 bits per heavy atom. The van der Waals surface area contributed by atoms with E-state index in [9.17, 15) is 23.6 Å². The van der Waals surface area contributed by atoms with Crippen molar-refractivity contribution in [2.75, 3.05) is 36.0 Å². The first kappa shape index (κ1) is 28.1. The first-order valence-electron chi connectivity index (χ1n) is 13.3. The van der Waals surface area contributed by atoms with Gasteiger partial charge < -0.3 is 4.90 Å². The number of aromatic nitrogens is 4. The number of nitrogens with zero attached hydrogens (tertiary/aromatic N) is 7. The number of fused-ring (bicyclic) bond motifs is 1. The molecule has 0 radical (unpaired) electrons. The lowest BCUT2D eigenvalue weighted by Crippen LogP contribution is -2.53. The quantitative estimate of drug-likeness (QED) is 0.318. The molecule has 0 aliphatic carbocycles. The molecule has 6 rings (SSSR count). The van der Waals surface area contributed by atoms with Gasteiger partial charge in [-0.2, -0.15) is 4.98 Å². The van der Waals surface area contributed by atoms with Gasteiger partial charge in [0.05, 0.1) is 34.7 Å². The van der Waals surface area contributed by atoms with Crippen LogP contribution in [0.4, 0.5) is 16.0 Å². The Kier molecular flexibility index (Phi) is 7.16. The molecule has 2 amide bonds. The minimum absolute atomic E-state index is 0.00558. The number of benzene rings is 2. The summed E-state index contributed by atoms with van der Waals surface area (Å²) >= 11 is 12.4.